The molecule has 1 aromatic carbocycles. The van der Waals surface area contributed by atoms with Gasteiger partial charge in [0.05, 0.1) is 5.69 Å². The van der Waals surface area contributed by atoms with Crippen LogP contribution in [0.1, 0.15) is 12.8 Å². The van der Waals surface area contributed by atoms with Crippen molar-refractivity contribution in [1.82, 2.24) is 9.97 Å². The molecule has 0 amide bonds. The number of rotatable bonds is 3. The van der Waals surface area contributed by atoms with Crippen LogP contribution in [-0.2, 0) is 0 Å². The van der Waals surface area contributed by atoms with E-state index >= 15 is 0 Å². The molecule has 5 nitrogen and oxygen atoms in total. The van der Waals surface area contributed by atoms with Gasteiger partial charge in [0, 0.05) is 17.7 Å². The van der Waals surface area contributed by atoms with Crippen molar-refractivity contribution in [3.05, 3.63) is 30.6 Å². The molecule has 20 heavy (non-hydrogen) atoms. The topological polar surface area (TPSA) is 56.3 Å². The van der Waals surface area contributed by atoms with E-state index in [1.807, 2.05) is 24.3 Å². The molecule has 4 rings (SSSR count). The van der Waals surface area contributed by atoms with Gasteiger partial charge in [-0.15, -0.1) is 0 Å². The lowest BCUT2D eigenvalue weighted by Crippen LogP contribution is -2.15. The first-order valence-electron chi connectivity index (χ1n) is 6.87. The fourth-order valence-electron chi connectivity index (χ4n) is 2.23. The SMILES string of the molecule is c1nc(NC2CC2)cc(-c2ccc3c(c2)OCCO3)n1. The van der Waals surface area contributed by atoms with E-state index in [1.54, 1.807) is 6.33 Å². The van der Waals surface area contributed by atoms with Gasteiger partial charge in [0.25, 0.3) is 0 Å². The first-order valence-corrected chi connectivity index (χ1v) is 6.87. The Morgan fingerprint density at radius 2 is 1.85 bits per heavy atom. The zero-order chi connectivity index (χ0) is 13.4. The van der Waals surface area contributed by atoms with Gasteiger partial charge in [-0.1, -0.05) is 0 Å². The quantitative estimate of drug-likeness (QED) is 0.927. The minimum Gasteiger partial charge on any atom is -0.486 e. The average Bonchev–Trinajstić information content (AvgIpc) is 3.31. The summed E-state index contributed by atoms with van der Waals surface area (Å²) in [7, 11) is 0. The molecule has 102 valence electrons. The molecular weight excluding hydrogens is 254 g/mol. The smallest absolute Gasteiger partial charge is 0.162 e. The molecule has 1 N–H and O–H groups in total. The van der Waals surface area contributed by atoms with Crippen molar-refractivity contribution in [2.75, 3.05) is 18.5 Å². The number of nitrogens with zero attached hydrogens (tertiary/aromatic N) is 2. The molecule has 2 heterocycles. The fourth-order valence-corrected chi connectivity index (χ4v) is 2.23. The van der Waals surface area contributed by atoms with Crippen molar-refractivity contribution >= 4 is 5.82 Å². The van der Waals surface area contributed by atoms with Crippen LogP contribution in [0.4, 0.5) is 5.82 Å². The summed E-state index contributed by atoms with van der Waals surface area (Å²) in [6.07, 6.45) is 4.05. The third-order valence-electron chi connectivity index (χ3n) is 3.43. The first-order chi connectivity index (χ1) is 9.88. The van der Waals surface area contributed by atoms with E-state index in [1.165, 1.54) is 12.8 Å². The molecule has 0 spiro atoms. The highest BCUT2D eigenvalue weighted by molar-refractivity contribution is 5.66. The Balaban J connectivity index is 1.65. The largest absolute Gasteiger partial charge is 0.486 e. The molecule has 1 aromatic heterocycles. The number of aromatic nitrogens is 2. The lowest BCUT2D eigenvalue weighted by atomic mass is 10.1. The molecule has 0 unspecified atom stereocenters. The number of hydrogen-bond acceptors (Lipinski definition) is 5. The summed E-state index contributed by atoms with van der Waals surface area (Å²) in [5, 5.41) is 3.38. The van der Waals surface area contributed by atoms with E-state index < -0.39 is 0 Å². The predicted octanol–water partition coefficient (Wildman–Crippen LogP) is 2.49. The summed E-state index contributed by atoms with van der Waals surface area (Å²) in [6, 6.07) is 8.45. The summed E-state index contributed by atoms with van der Waals surface area (Å²) in [5.74, 6) is 2.46. The number of ether oxygens (including phenoxy) is 2. The summed E-state index contributed by atoms with van der Waals surface area (Å²) in [6.45, 7) is 1.20. The number of fused-ring (bicyclic) bond motifs is 1. The highest BCUT2D eigenvalue weighted by Crippen LogP contribution is 2.34. The van der Waals surface area contributed by atoms with Gasteiger partial charge in [0.1, 0.15) is 25.4 Å². The van der Waals surface area contributed by atoms with Gasteiger partial charge in [0.2, 0.25) is 0 Å². The van der Waals surface area contributed by atoms with Crippen LogP contribution in [0.2, 0.25) is 0 Å². The number of benzene rings is 1. The monoisotopic (exact) mass is 269 g/mol. The molecule has 5 heteroatoms. The minimum absolute atomic E-state index is 0.581. The Morgan fingerprint density at radius 1 is 1.00 bits per heavy atom. The second kappa shape index (κ2) is 4.67. The van der Waals surface area contributed by atoms with Gasteiger partial charge in [-0.25, -0.2) is 9.97 Å². The minimum atomic E-state index is 0.581. The lowest BCUT2D eigenvalue weighted by molar-refractivity contribution is 0.171. The summed E-state index contributed by atoms with van der Waals surface area (Å²) in [5.41, 5.74) is 1.90. The van der Waals surface area contributed by atoms with Crippen LogP contribution in [0.5, 0.6) is 11.5 Å². The highest BCUT2D eigenvalue weighted by atomic mass is 16.6. The fraction of sp³-hybridized carbons (Fsp3) is 0.333. The van der Waals surface area contributed by atoms with Crippen LogP contribution in [-0.4, -0.2) is 29.2 Å². The Kier molecular flexibility index (Phi) is 2.69. The first kappa shape index (κ1) is 11.5. The van der Waals surface area contributed by atoms with Gasteiger partial charge in [-0.05, 0) is 31.0 Å². The molecule has 1 aliphatic carbocycles. The van der Waals surface area contributed by atoms with Crippen LogP contribution >= 0.6 is 0 Å². The molecule has 0 bridgehead atoms. The highest BCUT2D eigenvalue weighted by Gasteiger charge is 2.21. The molecule has 2 aliphatic rings. The Morgan fingerprint density at radius 3 is 2.70 bits per heavy atom. The van der Waals surface area contributed by atoms with Gasteiger partial charge < -0.3 is 14.8 Å². The van der Waals surface area contributed by atoms with Crippen molar-refractivity contribution in [1.29, 1.82) is 0 Å². The molecule has 0 atom stereocenters. The molecule has 0 radical (unpaired) electrons. The molecule has 2 aromatic rings. The predicted molar refractivity (Wildman–Crippen MR) is 75.1 cm³/mol. The zero-order valence-corrected chi connectivity index (χ0v) is 11.0. The third kappa shape index (κ3) is 2.27. The van der Waals surface area contributed by atoms with Crippen LogP contribution < -0.4 is 14.8 Å². The van der Waals surface area contributed by atoms with Crippen molar-refractivity contribution in [2.45, 2.75) is 18.9 Å². The van der Waals surface area contributed by atoms with Crippen molar-refractivity contribution < 1.29 is 9.47 Å². The summed E-state index contributed by atoms with van der Waals surface area (Å²) >= 11 is 0. The van der Waals surface area contributed by atoms with Crippen molar-refractivity contribution in [3.63, 3.8) is 0 Å². The van der Waals surface area contributed by atoms with E-state index in [2.05, 4.69) is 15.3 Å². The van der Waals surface area contributed by atoms with Crippen LogP contribution in [0, 0.1) is 0 Å². The number of nitrogens with one attached hydrogen (secondary N) is 1. The van der Waals surface area contributed by atoms with Gasteiger partial charge >= 0.3 is 0 Å². The van der Waals surface area contributed by atoms with E-state index in [-0.39, 0.29) is 0 Å². The van der Waals surface area contributed by atoms with Crippen molar-refractivity contribution in [3.8, 4) is 22.8 Å². The number of anilines is 1. The van der Waals surface area contributed by atoms with Gasteiger partial charge in [-0.2, -0.15) is 0 Å². The maximum Gasteiger partial charge on any atom is 0.162 e. The van der Waals surface area contributed by atoms with Crippen molar-refractivity contribution in [2.24, 2.45) is 0 Å². The molecule has 1 fully saturated rings. The number of hydrogen-bond donors (Lipinski definition) is 1. The maximum atomic E-state index is 5.61. The second-order valence-electron chi connectivity index (χ2n) is 5.07. The van der Waals surface area contributed by atoms with E-state index in [4.69, 9.17) is 9.47 Å². The molecule has 1 saturated carbocycles. The van der Waals surface area contributed by atoms with E-state index in [9.17, 15) is 0 Å². The van der Waals surface area contributed by atoms with Crippen LogP contribution in [0.3, 0.4) is 0 Å². The average molecular weight is 269 g/mol. The Labute approximate surface area is 117 Å². The normalized spacial score (nSPS) is 16.8. The second-order valence-corrected chi connectivity index (χ2v) is 5.07. The Bertz CT molecular complexity index is 641. The third-order valence-corrected chi connectivity index (χ3v) is 3.43. The lowest BCUT2D eigenvalue weighted by Gasteiger charge is -2.18. The van der Waals surface area contributed by atoms with Gasteiger partial charge in [0.15, 0.2) is 11.5 Å². The zero-order valence-electron chi connectivity index (χ0n) is 11.0. The molecule has 0 saturated heterocycles. The summed E-state index contributed by atoms with van der Waals surface area (Å²) < 4.78 is 11.1. The van der Waals surface area contributed by atoms with Gasteiger partial charge in [-0.3, -0.25) is 0 Å². The Hall–Kier alpha value is -2.30. The van der Waals surface area contributed by atoms with E-state index in [0.29, 0.717) is 19.3 Å². The van der Waals surface area contributed by atoms with Crippen LogP contribution in [0.25, 0.3) is 11.3 Å². The molecular formula is C15H15N3O2. The molecule has 1 aliphatic heterocycles. The summed E-state index contributed by atoms with van der Waals surface area (Å²) in [4.78, 5) is 8.59. The standard InChI is InChI=1S/C15H15N3O2/c1-4-13-14(20-6-5-19-13)7-10(1)12-8-15(17-9-16-12)18-11-2-3-11/h1,4,7-9,11H,2-3,5-6H2,(H,16,17,18). The van der Waals surface area contributed by atoms with Crippen LogP contribution in [0.15, 0.2) is 30.6 Å². The maximum absolute atomic E-state index is 5.61. The van der Waals surface area contributed by atoms with E-state index in [0.717, 1.165) is 28.6 Å².